The molecule has 1 aromatic rings. The van der Waals surface area contributed by atoms with Crippen LogP contribution in [0, 0.1) is 23.4 Å². The second kappa shape index (κ2) is 5.29. The lowest BCUT2D eigenvalue weighted by Crippen LogP contribution is -2.37. The molecule has 1 heterocycles. The molecule has 0 saturated carbocycles. The minimum atomic E-state index is -1.43. The molecule has 2 atom stereocenters. The molecule has 1 aliphatic heterocycles. The molecular formula is C16H22F3NO. The molecule has 21 heavy (non-hydrogen) atoms. The summed E-state index contributed by atoms with van der Waals surface area (Å²) < 4.78 is 46.7. The zero-order valence-corrected chi connectivity index (χ0v) is 13.1. The first kappa shape index (κ1) is 16.3. The van der Waals surface area contributed by atoms with Crippen LogP contribution in [0.2, 0.25) is 0 Å². The molecular weight excluding hydrogens is 279 g/mol. The lowest BCUT2D eigenvalue weighted by Gasteiger charge is -2.33. The maximum Gasteiger partial charge on any atom is 0.194 e. The fourth-order valence-corrected chi connectivity index (χ4v) is 3.48. The molecule has 1 fully saturated rings. The fourth-order valence-electron chi connectivity index (χ4n) is 3.48. The normalized spacial score (nSPS) is 25.0. The van der Waals surface area contributed by atoms with Gasteiger partial charge in [-0.2, -0.15) is 0 Å². The van der Waals surface area contributed by atoms with Gasteiger partial charge in [-0.05, 0) is 47.2 Å². The van der Waals surface area contributed by atoms with Gasteiger partial charge in [0, 0.05) is 17.5 Å². The molecule has 0 amide bonds. The standard InChI is InChI=1S/C16H22F3NO/c1-15(2)8-10(16(3,4)21-15)14(20-5)9-6-7-11(17)13(19)12(9)18/h6-7,10,14,20H,8H2,1-5H3. The number of rotatable bonds is 3. The maximum atomic E-state index is 14.1. The van der Waals surface area contributed by atoms with E-state index in [0.717, 1.165) is 6.07 Å². The Labute approximate surface area is 123 Å². The van der Waals surface area contributed by atoms with E-state index in [4.69, 9.17) is 4.74 Å². The van der Waals surface area contributed by atoms with E-state index in [2.05, 4.69) is 5.32 Å². The van der Waals surface area contributed by atoms with Crippen LogP contribution in [-0.4, -0.2) is 18.2 Å². The van der Waals surface area contributed by atoms with Gasteiger partial charge in [0.05, 0.1) is 11.2 Å². The lowest BCUT2D eigenvalue weighted by atomic mass is 9.79. The molecule has 118 valence electrons. The smallest absolute Gasteiger partial charge is 0.194 e. The third kappa shape index (κ3) is 2.94. The molecule has 0 aliphatic carbocycles. The van der Waals surface area contributed by atoms with Crippen molar-refractivity contribution in [2.45, 2.75) is 51.4 Å². The Morgan fingerprint density at radius 2 is 1.76 bits per heavy atom. The van der Waals surface area contributed by atoms with Crippen molar-refractivity contribution >= 4 is 0 Å². The fraction of sp³-hybridized carbons (Fsp3) is 0.625. The zero-order valence-electron chi connectivity index (χ0n) is 13.1. The topological polar surface area (TPSA) is 21.3 Å². The van der Waals surface area contributed by atoms with E-state index in [1.165, 1.54) is 6.07 Å². The van der Waals surface area contributed by atoms with Crippen molar-refractivity contribution in [3.63, 3.8) is 0 Å². The summed E-state index contributed by atoms with van der Waals surface area (Å²) in [6, 6.07) is 1.82. The molecule has 2 unspecified atom stereocenters. The van der Waals surface area contributed by atoms with Gasteiger partial charge in [-0.3, -0.25) is 0 Å². The summed E-state index contributed by atoms with van der Waals surface area (Å²) in [7, 11) is 1.69. The third-order valence-electron chi connectivity index (χ3n) is 4.26. The highest BCUT2D eigenvalue weighted by Gasteiger charge is 2.49. The van der Waals surface area contributed by atoms with E-state index in [0.29, 0.717) is 6.42 Å². The van der Waals surface area contributed by atoms with Gasteiger partial charge in [0.25, 0.3) is 0 Å². The molecule has 1 aromatic carbocycles. The number of ether oxygens (including phenoxy) is 1. The van der Waals surface area contributed by atoms with E-state index in [-0.39, 0.29) is 17.1 Å². The number of nitrogens with one attached hydrogen (secondary N) is 1. The Kier molecular flexibility index (Phi) is 4.10. The highest BCUT2D eigenvalue weighted by molar-refractivity contribution is 5.25. The highest BCUT2D eigenvalue weighted by atomic mass is 19.2. The van der Waals surface area contributed by atoms with Gasteiger partial charge in [-0.15, -0.1) is 0 Å². The summed E-state index contributed by atoms with van der Waals surface area (Å²) in [5.74, 6) is -3.79. The molecule has 1 N–H and O–H groups in total. The van der Waals surface area contributed by atoms with Gasteiger partial charge >= 0.3 is 0 Å². The van der Waals surface area contributed by atoms with Gasteiger partial charge in [0.15, 0.2) is 17.5 Å². The number of hydrogen-bond donors (Lipinski definition) is 1. The summed E-state index contributed by atoms with van der Waals surface area (Å²) in [4.78, 5) is 0. The van der Waals surface area contributed by atoms with E-state index < -0.39 is 29.1 Å². The SMILES string of the molecule is CNC(c1ccc(F)c(F)c1F)C1CC(C)(C)OC1(C)C. The van der Waals surface area contributed by atoms with Crippen molar-refractivity contribution in [3.05, 3.63) is 35.1 Å². The first-order valence-corrected chi connectivity index (χ1v) is 7.10. The molecule has 0 aromatic heterocycles. The summed E-state index contributed by atoms with van der Waals surface area (Å²) in [5.41, 5.74) is -0.692. The summed E-state index contributed by atoms with van der Waals surface area (Å²) >= 11 is 0. The zero-order chi connectivity index (χ0) is 16.0. The van der Waals surface area contributed by atoms with Gasteiger partial charge in [-0.1, -0.05) is 6.07 Å². The van der Waals surface area contributed by atoms with Crippen LogP contribution in [0.25, 0.3) is 0 Å². The van der Waals surface area contributed by atoms with Crippen LogP contribution in [-0.2, 0) is 4.74 Å². The van der Waals surface area contributed by atoms with Gasteiger partial charge < -0.3 is 10.1 Å². The Bertz CT molecular complexity index is 543. The predicted molar refractivity (Wildman–Crippen MR) is 75.5 cm³/mol. The van der Waals surface area contributed by atoms with Crippen molar-refractivity contribution < 1.29 is 17.9 Å². The van der Waals surface area contributed by atoms with Crippen LogP contribution in [0.15, 0.2) is 12.1 Å². The van der Waals surface area contributed by atoms with E-state index >= 15 is 0 Å². The first-order valence-electron chi connectivity index (χ1n) is 7.10. The van der Waals surface area contributed by atoms with Crippen molar-refractivity contribution in [1.82, 2.24) is 5.32 Å². The number of benzene rings is 1. The van der Waals surface area contributed by atoms with Crippen molar-refractivity contribution in [3.8, 4) is 0 Å². The molecule has 0 radical (unpaired) electrons. The predicted octanol–water partition coefficient (Wildman–Crippen LogP) is 3.96. The van der Waals surface area contributed by atoms with Crippen molar-refractivity contribution in [1.29, 1.82) is 0 Å². The molecule has 5 heteroatoms. The average Bonchev–Trinajstić information content (AvgIpc) is 2.58. The van der Waals surface area contributed by atoms with Gasteiger partial charge in [0.1, 0.15) is 0 Å². The van der Waals surface area contributed by atoms with Crippen LogP contribution < -0.4 is 5.32 Å². The number of halogens is 3. The van der Waals surface area contributed by atoms with E-state index in [1.807, 2.05) is 27.7 Å². The van der Waals surface area contributed by atoms with E-state index in [9.17, 15) is 13.2 Å². The third-order valence-corrected chi connectivity index (χ3v) is 4.26. The maximum absolute atomic E-state index is 14.1. The Balaban J connectivity index is 2.44. The monoisotopic (exact) mass is 301 g/mol. The Hall–Kier alpha value is -1.07. The Morgan fingerprint density at radius 1 is 1.14 bits per heavy atom. The first-order chi connectivity index (χ1) is 9.59. The van der Waals surface area contributed by atoms with Gasteiger partial charge in [-0.25, -0.2) is 13.2 Å². The van der Waals surface area contributed by atoms with Crippen molar-refractivity contribution in [2.24, 2.45) is 5.92 Å². The second-order valence-electron chi connectivity index (χ2n) is 6.81. The lowest BCUT2D eigenvalue weighted by molar-refractivity contribution is -0.0777. The summed E-state index contributed by atoms with van der Waals surface area (Å²) in [6.45, 7) is 7.83. The van der Waals surface area contributed by atoms with Crippen molar-refractivity contribution in [2.75, 3.05) is 7.05 Å². The van der Waals surface area contributed by atoms with Crippen LogP contribution in [0.1, 0.15) is 45.7 Å². The van der Waals surface area contributed by atoms with Crippen LogP contribution in [0.4, 0.5) is 13.2 Å². The second-order valence-corrected chi connectivity index (χ2v) is 6.81. The molecule has 1 saturated heterocycles. The molecule has 1 aliphatic rings. The average molecular weight is 301 g/mol. The molecule has 0 spiro atoms. The number of hydrogen-bond acceptors (Lipinski definition) is 2. The molecule has 2 rings (SSSR count). The van der Waals surface area contributed by atoms with Crippen LogP contribution in [0.3, 0.4) is 0 Å². The highest BCUT2D eigenvalue weighted by Crippen LogP contribution is 2.48. The largest absolute Gasteiger partial charge is 0.369 e. The summed E-state index contributed by atoms with van der Waals surface area (Å²) in [5, 5.41) is 3.03. The minimum absolute atomic E-state index is 0.0585. The quantitative estimate of drug-likeness (QED) is 0.853. The van der Waals surface area contributed by atoms with Crippen LogP contribution >= 0.6 is 0 Å². The van der Waals surface area contributed by atoms with Crippen LogP contribution in [0.5, 0.6) is 0 Å². The summed E-state index contributed by atoms with van der Waals surface area (Å²) in [6.07, 6.45) is 0.698. The molecule has 0 bridgehead atoms. The Morgan fingerprint density at radius 3 is 2.24 bits per heavy atom. The van der Waals surface area contributed by atoms with E-state index in [1.54, 1.807) is 7.05 Å². The molecule has 2 nitrogen and oxygen atoms in total. The minimum Gasteiger partial charge on any atom is -0.369 e. The van der Waals surface area contributed by atoms with Gasteiger partial charge in [0.2, 0.25) is 0 Å².